The van der Waals surface area contributed by atoms with Gasteiger partial charge in [0, 0.05) is 13.0 Å². The topological polar surface area (TPSA) is 59.3 Å². The zero-order valence-corrected chi connectivity index (χ0v) is 9.06. The normalized spacial score (nSPS) is 9.81. The number of hydrogen-bond donors (Lipinski definition) is 0. The number of rotatable bonds is 3. The molecule has 0 saturated heterocycles. The Morgan fingerprint density at radius 1 is 1.44 bits per heavy atom. The van der Waals surface area contributed by atoms with Gasteiger partial charge in [0.1, 0.15) is 0 Å². The van der Waals surface area contributed by atoms with Crippen LogP contribution in [0.3, 0.4) is 0 Å². The summed E-state index contributed by atoms with van der Waals surface area (Å²) in [5.41, 5.74) is 0.800. The fourth-order valence-electron chi connectivity index (χ4n) is 1.16. The lowest BCUT2D eigenvalue weighted by Gasteiger charge is -2.08. The SMILES string of the molecule is COc1cc(/C=C\C#N)ccc1OC(C)=O. The van der Waals surface area contributed by atoms with E-state index in [-0.39, 0.29) is 0 Å². The number of carbonyl (C=O) groups is 1. The molecule has 0 saturated carbocycles. The smallest absolute Gasteiger partial charge is 0.308 e. The Morgan fingerprint density at radius 3 is 2.75 bits per heavy atom. The maximum Gasteiger partial charge on any atom is 0.308 e. The molecule has 82 valence electrons. The van der Waals surface area contributed by atoms with Crippen molar-refractivity contribution >= 4 is 12.0 Å². The van der Waals surface area contributed by atoms with E-state index in [0.717, 1.165) is 5.56 Å². The third-order valence-electron chi connectivity index (χ3n) is 1.79. The van der Waals surface area contributed by atoms with E-state index in [1.54, 1.807) is 24.3 Å². The van der Waals surface area contributed by atoms with Crippen LogP contribution in [0.2, 0.25) is 0 Å². The molecular weight excluding hydrogens is 206 g/mol. The molecule has 0 atom stereocenters. The highest BCUT2D eigenvalue weighted by atomic mass is 16.6. The van der Waals surface area contributed by atoms with E-state index in [2.05, 4.69) is 0 Å². The van der Waals surface area contributed by atoms with Crippen LogP contribution in [0.15, 0.2) is 24.3 Å². The summed E-state index contributed by atoms with van der Waals surface area (Å²) in [5, 5.41) is 8.39. The number of methoxy groups -OCH3 is 1. The fourth-order valence-corrected chi connectivity index (χ4v) is 1.16. The highest BCUT2D eigenvalue weighted by Gasteiger charge is 2.06. The predicted octanol–water partition coefficient (Wildman–Crippen LogP) is 2.16. The number of nitriles is 1. The van der Waals surface area contributed by atoms with E-state index < -0.39 is 5.97 Å². The van der Waals surface area contributed by atoms with Crippen molar-refractivity contribution < 1.29 is 14.3 Å². The lowest BCUT2D eigenvalue weighted by Crippen LogP contribution is -2.02. The van der Waals surface area contributed by atoms with E-state index in [4.69, 9.17) is 14.7 Å². The predicted molar refractivity (Wildman–Crippen MR) is 59.0 cm³/mol. The van der Waals surface area contributed by atoms with Gasteiger partial charge in [-0.1, -0.05) is 6.07 Å². The van der Waals surface area contributed by atoms with Gasteiger partial charge in [0.2, 0.25) is 0 Å². The molecule has 4 nitrogen and oxygen atoms in total. The summed E-state index contributed by atoms with van der Waals surface area (Å²) < 4.78 is 10.0. The third-order valence-corrected chi connectivity index (χ3v) is 1.79. The van der Waals surface area contributed by atoms with Crippen LogP contribution in [-0.2, 0) is 4.79 Å². The van der Waals surface area contributed by atoms with Crippen molar-refractivity contribution in [3.63, 3.8) is 0 Å². The van der Waals surface area contributed by atoms with Crippen molar-refractivity contribution in [1.29, 1.82) is 5.26 Å². The highest BCUT2D eigenvalue weighted by Crippen LogP contribution is 2.28. The van der Waals surface area contributed by atoms with Crippen LogP contribution in [0.5, 0.6) is 11.5 Å². The van der Waals surface area contributed by atoms with Crippen LogP contribution >= 0.6 is 0 Å². The number of allylic oxidation sites excluding steroid dienone is 1. The maximum atomic E-state index is 10.8. The van der Waals surface area contributed by atoms with Crippen molar-refractivity contribution in [2.45, 2.75) is 6.92 Å². The number of esters is 1. The van der Waals surface area contributed by atoms with Gasteiger partial charge in [-0.05, 0) is 23.8 Å². The molecule has 1 aromatic carbocycles. The Morgan fingerprint density at radius 2 is 2.19 bits per heavy atom. The van der Waals surface area contributed by atoms with E-state index >= 15 is 0 Å². The van der Waals surface area contributed by atoms with Crippen molar-refractivity contribution in [1.82, 2.24) is 0 Å². The van der Waals surface area contributed by atoms with Crippen molar-refractivity contribution in [2.24, 2.45) is 0 Å². The van der Waals surface area contributed by atoms with Gasteiger partial charge < -0.3 is 9.47 Å². The van der Waals surface area contributed by atoms with E-state index in [0.29, 0.717) is 11.5 Å². The van der Waals surface area contributed by atoms with E-state index in [1.807, 2.05) is 6.07 Å². The molecule has 0 aliphatic carbocycles. The van der Waals surface area contributed by atoms with Gasteiger partial charge in [-0.25, -0.2) is 0 Å². The molecule has 0 spiro atoms. The fraction of sp³-hybridized carbons (Fsp3) is 0.167. The summed E-state index contributed by atoms with van der Waals surface area (Å²) in [4.78, 5) is 10.8. The zero-order valence-electron chi connectivity index (χ0n) is 9.06. The summed E-state index contributed by atoms with van der Waals surface area (Å²) >= 11 is 0. The lowest BCUT2D eigenvalue weighted by atomic mass is 10.2. The Hall–Kier alpha value is -2.28. The zero-order chi connectivity index (χ0) is 12.0. The van der Waals surface area contributed by atoms with Gasteiger partial charge in [0.05, 0.1) is 13.2 Å². The summed E-state index contributed by atoms with van der Waals surface area (Å²) in [6.45, 7) is 1.32. The Labute approximate surface area is 93.7 Å². The third kappa shape index (κ3) is 3.14. The lowest BCUT2D eigenvalue weighted by molar-refractivity contribution is -0.132. The minimum atomic E-state index is -0.404. The first-order valence-electron chi connectivity index (χ1n) is 4.60. The molecule has 0 amide bonds. The minimum Gasteiger partial charge on any atom is -0.493 e. The van der Waals surface area contributed by atoms with Gasteiger partial charge in [0.25, 0.3) is 0 Å². The molecule has 4 heteroatoms. The molecule has 0 aromatic heterocycles. The van der Waals surface area contributed by atoms with Gasteiger partial charge >= 0.3 is 5.97 Å². The van der Waals surface area contributed by atoms with Crippen LogP contribution in [0, 0.1) is 11.3 Å². The van der Waals surface area contributed by atoms with Crippen molar-refractivity contribution in [3.05, 3.63) is 29.8 Å². The molecule has 0 radical (unpaired) electrons. The molecule has 0 aliphatic rings. The molecule has 0 heterocycles. The van der Waals surface area contributed by atoms with Gasteiger partial charge in [-0.3, -0.25) is 4.79 Å². The average Bonchev–Trinajstić information content (AvgIpc) is 2.27. The maximum absolute atomic E-state index is 10.8. The first-order valence-corrected chi connectivity index (χ1v) is 4.60. The quantitative estimate of drug-likeness (QED) is 0.442. The molecule has 0 bridgehead atoms. The second-order valence-corrected chi connectivity index (χ2v) is 2.97. The largest absolute Gasteiger partial charge is 0.493 e. The number of carbonyl (C=O) groups excluding carboxylic acids is 1. The Bertz CT molecular complexity index is 458. The van der Waals surface area contributed by atoms with Crippen LogP contribution in [0.1, 0.15) is 12.5 Å². The molecule has 16 heavy (non-hydrogen) atoms. The molecule has 0 fully saturated rings. The standard InChI is InChI=1S/C12H11NO3/c1-9(14)16-11-6-5-10(4-3-7-13)8-12(11)15-2/h3-6,8H,1-2H3/b4-3-. The second kappa shape index (κ2) is 5.56. The highest BCUT2D eigenvalue weighted by molar-refractivity contribution is 5.71. The molecule has 0 unspecified atom stereocenters. The molecule has 1 aromatic rings. The average molecular weight is 217 g/mol. The molecular formula is C12H11NO3. The van der Waals surface area contributed by atoms with Crippen LogP contribution in [0.4, 0.5) is 0 Å². The summed E-state index contributed by atoms with van der Waals surface area (Å²) in [5.74, 6) is 0.415. The number of ether oxygens (including phenoxy) is 2. The van der Waals surface area contributed by atoms with E-state index in [1.165, 1.54) is 20.1 Å². The van der Waals surface area contributed by atoms with Gasteiger partial charge in [0.15, 0.2) is 11.5 Å². The first-order chi connectivity index (χ1) is 7.67. The van der Waals surface area contributed by atoms with Crippen LogP contribution < -0.4 is 9.47 Å². The van der Waals surface area contributed by atoms with Crippen LogP contribution in [0.25, 0.3) is 6.08 Å². The summed E-state index contributed by atoms with van der Waals surface area (Å²) in [7, 11) is 1.49. The molecule has 0 N–H and O–H groups in total. The van der Waals surface area contributed by atoms with Crippen molar-refractivity contribution in [3.8, 4) is 17.6 Å². The van der Waals surface area contributed by atoms with Crippen LogP contribution in [-0.4, -0.2) is 13.1 Å². The minimum absolute atomic E-state index is 0.365. The van der Waals surface area contributed by atoms with Gasteiger partial charge in [-0.2, -0.15) is 5.26 Å². The Kier molecular flexibility index (Phi) is 4.10. The second-order valence-electron chi connectivity index (χ2n) is 2.97. The molecule has 0 aliphatic heterocycles. The molecule has 1 rings (SSSR count). The number of hydrogen-bond acceptors (Lipinski definition) is 4. The van der Waals surface area contributed by atoms with Crippen molar-refractivity contribution in [2.75, 3.05) is 7.11 Å². The number of benzene rings is 1. The summed E-state index contributed by atoms with van der Waals surface area (Å²) in [6.07, 6.45) is 3.00. The van der Waals surface area contributed by atoms with E-state index in [9.17, 15) is 4.79 Å². The summed E-state index contributed by atoms with van der Waals surface area (Å²) in [6, 6.07) is 6.93. The first kappa shape index (κ1) is 11.8. The Balaban J connectivity index is 3.02. The van der Waals surface area contributed by atoms with Gasteiger partial charge in [-0.15, -0.1) is 0 Å². The number of nitrogens with zero attached hydrogens (tertiary/aromatic N) is 1. The monoisotopic (exact) mass is 217 g/mol.